The van der Waals surface area contributed by atoms with Gasteiger partial charge in [0.15, 0.2) is 6.10 Å². The number of carbonyl (C=O) groups excluding carboxylic acids is 3. The molecule has 6 heteroatoms. The molecule has 0 radical (unpaired) electrons. The van der Waals surface area contributed by atoms with E-state index in [2.05, 4.69) is 130 Å². The predicted molar refractivity (Wildman–Crippen MR) is 307 cm³/mol. The summed E-state index contributed by atoms with van der Waals surface area (Å²) in [5.74, 6) is -0.944. The van der Waals surface area contributed by atoms with Gasteiger partial charge in [0.25, 0.3) is 0 Å². The highest BCUT2D eigenvalue weighted by molar-refractivity contribution is 5.71. The van der Waals surface area contributed by atoms with Crippen LogP contribution in [0.4, 0.5) is 0 Å². The van der Waals surface area contributed by atoms with E-state index in [0.717, 1.165) is 128 Å². The third kappa shape index (κ3) is 56.9. The minimum absolute atomic E-state index is 0.0970. The summed E-state index contributed by atoms with van der Waals surface area (Å²) >= 11 is 0. The second-order valence-electron chi connectivity index (χ2n) is 19.1. The Labute approximate surface area is 438 Å². The van der Waals surface area contributed by atoms with Crippen LogP contribution in [0, 0.1) is 0 Å². The van der Waals surface area contributed by atoms with E-state index in [0.29, 0.717) is 19.3 Å². The zero-order chi connectivity index (χ0) is 51.4. The first-order valence-electron chi connectivity index (χ1n) is 29.4. The molecule has 0 rings (SSSR count). The lowest BCUT2D eigenvalue weighted by atomic mass is 10.1. The van der Waals surface area contributed by atoms with Crippen molar-refractivity contribution in [3.05, 3.63) is 109 Å². The molecule has 0 spiro atoms. The summed E-state index contributed by atoms with van der Waals surface area (Å²) in [6, 6.07) is 0. The molecule has 0 aliphatic carbocycles. The smallest absolute Gasteiger partial charge is 0.306 e. The molecule has 0 aliphatic rings. The van der Waals surface area contributed by atoms with Crippen molar-refractivity contribution in [3.8, 4) is 0 Å². The molecule has 0 aromatic carbocycles. The summed E-state index contributed by atoms with van der Waals surface area (Å²) < 4.78 is 16.8. The van der Waals surface area contributed by atoms with Gasteiger partial charge >= 0.3 is 17.9 Å². The van der Waals surface area contributed by atoms with Crippen molar-refractivity contribution < 1.29 is 28.6 Å². The topological polar surface area (TPSA) is 78.9 Å². The van der Waals surface area contributed by atoms with Crippen LogP contribution in [0.25, 0.3) is 0 Å². The number of carbonyl (C=O) groups is 3. The average molecular weight is 986 g/mol. The van der Waals surface area contributed by atoms with Gasteiger partial charge in [0.1, 0.15) is 13.2 Å². The number of ether oxygens (including phenoxy) is 3. The van der Waals surface area contributed by atoms with Crippen LogP contribution < -0.4 is 0 Å². The Morgan fingerprint density at radius 2 is 0.549 bits per heavy atom. The van der Waals surface area contributed by atoms with Crippen molar-refractivity contribution in [3.63, 3.8) is 0 Å². The summed E-state index contributed by atoms with van der Waals surface area (Å²) in [5.41, 5.74) is 0. The molecule has 0 bridgehead atoms. The summed E-state index contributed by atoms with van der Waals surface area (Å²) in [6.07, 6.45) is 79.4. The maximum atomic E-state index is 12.9. The van der Waals surface area contributed by atoms with E-state index in [1.54, 1.807) is 0 Å². The minimum atomic E-state index is -0.802. The van der Waals surface area contributed by atoms with E-state index in [-0.39, 0.29) is 31.1 Å². The monoisotopic (exact) mass is 985 g/mol. The highest BCUT2D eigenvalue weighted by Crippen LogP contribution is 2.15. The van der Waals surface area contributed by atoms with Crippen LogP contribution in [0.15, 0.2) is 109 Å². The minimum Gasteiger partial charge on any atom is -0.462 e. The van der Waals surface area contributed by atoms with E-state index in [1.807, 2.05) is 0 Å². The molecular weight excluding hydrogens is 877 g/mol. The van der Waals surface area contributed by atoms with Crippen LogP contribution in [0.2, 0.25) is 0 Å². The molecule has 0 aliphatic heterocycles. The number of hydrogen-bond donors (Lipinski definition) is 0. The Kier molecular flexibility index (Phi) is 55.4. The van der Waals surface area contributed by atoms with Crippen molar-refractivity contribution >= 4 is 17.9 Å². The lowest BCUT2D eigenvalue weighted by Gasteiger charge is -2.18. The number of allylic oxidation sites excluding steroid dienone is 18. The van der Waals surface area contributed by atoms with E-state index in [1.165, 1.54) is 96.3 Å². The highest BCUT2D eigenvalue weighted by Gasteiger charge is 2.19. The SMILES string of the molecule is CC/C=C\C/C=C\C/C=C\C/C=C\CCCCCCCCC(=O)OC(COC(=O)CCCCC/C=C\C/C=C\C/C=C\CC)COC(=O)CCCCCCCCCCC/C=C\C/C=C\CCCCCCC. The zero-order valence-corrected chi connectivity index (χ0v) is 46.2. The Morgan fingerprint density at radius 3 is 0.873 bits per heavy atom. The first-order chi connectivity index (χ1) is 35.0. The summed E-state index contributed by atoms with van der Waals surface area (Å²) in [7, 11) is 0. The van der Waals surface area contributed by atoms with Crippen LogP contribution in [0.3, 0.4) is 0 Å². The predicted octanol–water partition coefficient (Wildman–Crippen LogP) is 19.9. The number of esters is 3. The van der Waals surface area contributed by atoms with Gasteiger partial charge in [0.05, 0.1) is 0 Å². The van der Waals surface area contributed by atoms with Gasteiger partial charge in [0.2, 0.25) is 0 Å². The Morgan fingerprint density at radius 1 is 0.296 bits per heavy atom. The van der Waals surface area contributed by atoms with Crippen molar-refractivity contribution in [2.24, 2.45) is 0 Å². The molecule has 1 unspecified atom stereocenters. The molecule has 0 saturated heterocycles. The fourth-order valence-electron chi connectivity index (χ4n) is 7.89. The van der Waals surface area contributed by atoms with Crippen LogP contribution in [-0.4, -0.2) is 37.2 Å². The van der Waals surface area contributed by atoms with Crippen molar-refractivity contribution in [2.45, 2.75) is 271 Å². The molecule has 0 aromatic heterocycles. The van der Waals surface area contributed by atoms with Crippen LogP contribution in [-0.2, 0) is 28.6 Å². The molecular formula is C65H108O6. The van der Waals surface area contributed by atoms with E-state index in [9.17, 15) is 14.4 Å². The summed E-state index contributed by atoms with van der Waals surface area (Å²) in [4.78, 5) is 38.2. The second kappa shape index (κ2) is 58.6. The Balaban J connectivity index is 4.42. The molecule has 1 atom stereocenters. The molecule has 0 heterocycles. The van der Waals surface area contributed by atoms with E-state index in [4.69, 9.17) is 14.2 Å². The molecule has 0 aromatic rings. The third-order valence-electron chi connectivity index (χ3n) is 12.2. The fraction of sp³-hybridized carbons (Fsp3) is 0.677. The van der Waals surface area contributed by atoms with Gasteiger partial charge in [-0.25, -0.2) is 0 Å². The summed E-state index contributed by atoms with van der Waals surface area (Å²) in [6.45, 7) is 6.37. The third-order valence-corrected chi connectivity index (χ3v) is 12.2. The molecule has 6 nitrogen and oxygen atoms in total. The molecule has 404 valence electrons. The van der Waals surface area contributed by atoms with Crippen molar-refractivity contribution in [1.29, 1.82) is 0 Å². The van der Waals surface area contributed by atoms with E-state index >= 15 is 0 Å². The Bertz CT molecular complexity index is 1460. The largest absolute Gasteiger partial charge is 0.462 e. The Hall–Kier alpha value is -3.93. The number of hydrogen-bond acceptors (Lipinski definition) is 6. The molecule has 71 heavy (non-hydrogen) atoms. The van der Waals surface area contributed by atoms with Crippen LogP contribution in [0.5, 0.6) is 0 Å². The molecule has 0 amide bonds. The van der Waals surface area contributed by atoms with Gasteiger partial charge in [-0.15, -0.1) is 0 Å². The standard InChI is InChI=1S/C65H108O6/c1-4-7-10-13-16-19-22-25-27-29-31-32-34-35-37-40-43-46-49-52-55-58-64(67)70-61-62(60-69-63(66)57-54-51-48-45-42-39-24-21-18-15-12-9-6-3)71-65(68)59-56-53-50-47-44-41-38-36-33-30-28-26-23-20-17-14-11-8-5-2/h8-9,11-12,17-18,20-22,25-26,28-29,31,33,36,39,42,62H,4-7,10,13-16,19,23-24,27,30,32,34-35,37-38,40-41,43-61H2,1-3H3/b11-8-,12-9-,20-17-,21-18-,25-22-,28-26-,31-29-,36-33-,42-39-. The molecule has 0 saturated carbocycles. The van der Waals surface area contributed by atoms with Gasteiger partial charge in [-0.2, -0.15) is 0 Å². The maximum Gasteiger partial charge on any atom is 0.306 e. The first kappa shape index (κ1) is 67.1. The van der Waals surface area contributed by atoms with Crippen molar-refractivity contribution in [2.75, 3.05) is 13.2 Å². The molecule has 0 fully saturated rings. The zero-order valence-electron chi connectivity index (χ0n) is 46.2. The number of rotatable bonds is 52. The highest BCUT2D eigenvalue weighted by atomic mass is 16.6. The van der Waals surface area contributed by atoms with Crippen molar-refractivity contribution in [1.82, 2.24) is 0 Å². The normalized spacial score (nSPS) is 12.9. The summed E-state index contributed by atoms with van der Waals surface area (Å²) in [5, 5.41) is 0. The first-order valence-corrected chi connectivity index (χ1v) is 29.4. The fourth-order valence-corrected chi connectivity index (χ4v) is 7.89. The number of unbranched alkanes of at least 4 members (excludes halogenated alkanes) is 23. The van der Waals surface area contributed by atoms with Gasteiger partial charge in [-0.1, -0.05) is 233 Å². The average Bonchev–Trinajstić information content (AvgIpc) is 3.37. The van der Waals surface area contributed by atoms with Crippen LogP contribution >= 0.6 is 0 Å². The lowest BCUT2D eigenvalue weighted by Crippen LogP contribution is -2.30. The van der Waals surface area contributed by atoms with E-state index < -0.39 is 6.10 Å². The second-order valence-corrected chi connectivity index (χ2v) is 19.1. The van der Waals surface area contributed by atoms with Gasteiger partial charge in [0, 0.05) is 19.3 Å². The van der Waals surface area contributed by atoms with Gasteiger partial charge in [-0.05, 0) is 122 Å². The van der Waals surface area contributed by atoms with Gasteiger partial charge in [-0.3, -0.25) is 14.4 Å². The quantitative estimate of drug-likeness (QED) is 0.0261. The lowest BCUT2D eigenvalue weighted by molar-refractivity contribution is -0.167. The maximum absolute atomic E-state index is 12.9. The molecule has 0 N–H and O–H groups in total. The van der Waals surface area contributed by atoms with Gasteiger partial charge < -0.3 is 14.2 Å². The van der Waals surface area contributed by atoms with Crippen LogP contribution in [0.1, 0.15) is 265 Å².